The van der Waals surface area contributed by atoms with Crippen molar-refractivity contribution in [2.45, 2.75) is 0 Å². The molecule has 106 valence electrons. The van der Waals surface area contributed by atoms with Gasteiger partial charge in [0.15, 0.2) is 11.5 Å². The van der Waals surface area contributed by atoms with E-state index in [2.05, 4.69) is 4.98 Å². The summed E-state index contributed by atoms with van der Waals surface area (Å²) in [5, 5.41) is 0. The van der Waals surface area contributed by atoms with E-state index in [-0.39, 0.29) is 0 Å². The minimum Gasteiger partial charge on any atom is -0.497 e. The number of methoxy groups -OCH3 is 4. The summed E-state index contributed by atoms with van der Waals surface area (Å²) >= 11 is 0. The standard InChI is InChI=1S/C15H17NO4/c1-17-10-7-8-16-12(9-10)11-5-6-13(18-2)15(20-4)14(11)19-3/h5-9H,1-4H3. The zero-order chi connectivity index (χ0) is 14.5. The zero-order valence-electron chi connectivity index (χ0n) is 12.0. The van der Waals surface area contributed by atoms with Crippen molar-refractivity contribution in [3.63, 3.8) is 0 Å². The van der Waals surface area contributed by atoms with Gasteiger partial charge in [0.1, 0.15) is 5.75 Å². The molecular formula is C15H17NO4. The van der Waals surface area contributed by atoms with Crippen LogP contribution in [0, 0.1) is 0 Å². The van der Waals surface area contributed by atoms with Gasteiger partial charge in [-0.2, -0.15) is 0 Å². The molecule has 5 heteroatoms. The summed E-state index contributed by atoms with van der Waals surface area (Å²) in [6.07, 6.45) is 1.68. The fraction of sp³-hybridized carbons (Fsp3) is 0.267. The van der Waals surface area contributed by atoms with E-state index in [4.69, 9.17) is 18.9 Å². The molecule has 0 spiro atoms. The number of ether oxygens (including phenoxy) is 4. The second-order valence-electron chi connectivity index (χ2n) is 3.96. The van der Waals surface area contributed by atoms with Crippen LogP contribution < -0.4 is 18.9 Å². The molecular weight excluding hydrogens is 258 g/mol. The Bertz CT molecular complexity index is 598. The Labute approximate surface area is 118 Å². The lowest BCUT2D eigenvalue weighted by Gasteiger charge is -2.15. The van der Waals surface area contributed by atoms with Crippen molar-refractivity contribution >= 4 is 0 Å². The van der Waals surface area contributed by atoms with E-state index in [9.17, 15) is 0 Å². The smallest absolute Gasteiger partial charge is 0.203 e. The van der Waals surface area contributed by atoms with E-state index in [1.54, 1.807) is 40.7 Å². The van der Waals surface area contributed by atoms with Crippen LogP contribution in [0.5, 0.6) is 23.0 Å². The van der Waals surface area contributed by atoms with Crippen molar-refractivity contribution in [3.8, 4) is 34.3 Å². The number of nitrogens with zero attached hydrogens (tertiary/aromatic N) is 1. The minimum absolute atomic E-state index is 0.539. The molecule has 1 aromatic carbocycles. The predicted octanol–water partition coefficient (Wildman–Crippen LogP) is 2.78. The Hall–Kier alpha value is -2.43. The molecule has 20 heavy (non-hydrogen) atoms. The molecule has 1 heterocycles. The lowest BCUT2D eigenvalue weighted by atomic mass is 10.1. The molecule has 0 atom stereocenters. The monoisotopic (exact) mass is 275 g/mol. The van der Waals surface area contributed by atoms with Gasteiger partial charge in [-0.05, 0) is 18.2 Å². The van der Waals surface area contributed by atoms with Gasteiger partial charge in [-0.3, -0.25) is 4.98 Å². The third-order valence-corrected chi connectivity index (χ3v) is 2.95. The highest BCUT2D eigenvalue weighted by molar-refractivity contribution is 5.74. The van der Waals surface area contributed by atoms with E-state index in [1.165, 1.54) is 0 Å². The fourth-order valence-electron chi connectivity index (χ4n) is 1.99. The van der Waals surface area contributed by atoms with Crippen LogP contribution in [-0.4, -0.2) is 33.4 Å². The average molecular weight is 275 g/mol. The molecule has 0 unspecified atom stereocenters. The maximum absolute atomic E-state index is 5.45. The molecule has 0 saturated heterocycles. The predicted molar refractivity (Wildman–Crippen MR) is 75.9 cm³/mol. The minimum atomic E-state index is 0.539. The van der Waals surface area contributed by atoms with E-state index >= 15 is 0 Å². The summed E-state index contributed by atoms with van der Waals surface area (Å²) in [6, 6.07) is 7.32. The van der Waals surface area contributed by atoms with Crippen LogP contribution in [0.2, 0.25) is 0 Å². The second kappa shape index (κ2) is 6.14. The van der Waals surface area contributed by atoms with Crippen molar-refractivity contribution < 1.29 is 18.9 Å². The maximum atomic E-state index is 5.45. The lowest BCUT2D eigenvalue weighted by Crippen LogP contribution is -1.97. The Morgan fingerprint density at radius 2 is 1.55 bits per heavy atom. The molecule has 0 aliphatic rings. The van der Waals surface area contributed by atoms with Crippen LogP contribution >= 0.6 is 0 Å². The van der Waals surface area contributed by atoms with Crippen LogP contribution in [0.3, 0.4) is 0 Å². The molecule has 2 rings (SSSR count). The average Bonchev–Trinajstić information content (AvgIpc) is 2.53. The van der Waals surface area contributed by atoms with E-state index < -0.39 is 0 Å². The normalized spacial score (nSPS) is 10.0. The fourth-order valence-corrected chi connectivity index (χ4v) is 1.99. The molecule has 5 nitrogen and oxygen atoms in total. The maximum Gasteiger partial charge on any atom is 0.203 e. The Balaban J connectivity index is 2.61. The number of aromatic nitrogens is 1. The third kappa shape index (κ3) is 2.47. The molecule has 0 aliphatic carbocycles. The van der Waals surface area contributed by atoms with Gasteiger partial charge < -0.3 is 18.9 Å². The number of hydrogen-bond acceptors (Lipinski definition) is 5. The zero-order valence-corrected chi connectivity index (χ0v) is 12.0. The quantitative estimate of drug-likeness (QED) is 0.839. The lowest BCUT2D eigenvalue weighted by molar-refractivity contribution is 0.325. The Morgan fingerprint density at radius 1 is 0.800 bits per heavy atom. The highest BCUT2D eigenvalue weighted by Gasteiger charge is 2.17. The van der Waals surface area contributed by atoms with Gasteiger partial charge in [-0.25, -0.2) is 0 Å². The largest absolute Gasteiger partial charge is 0.497 e. The highest BCUT2D eigenvalue weighted by Crippen LogP contribution is 2.43. The summed E-state index contributed by atoms with van der Waals surface area (Å²) in [4.78, 5) is 4.34. The first-order chi connectivity index (χ1) is 9.74. The molecule has 0 fully saturated rings. The first kappa shape index (κ1) is 14.0. The van der Waals surface area contributed by atoms with Crippen molar-refractivity contribution in [1.82, 2.24) is 4.98 Å². The van der Waals surface area contributed by atoms with Crippen molar-refractivity contribution in [1.29, 1.82) is 0 Å². The number of benzene rings is 1. The van der Waals surface area contributed by atoms with Crippen LogP contribution in [-0.2, 0) is 0 Å². The van der Waals surface area contributed by atoms with Crippen molar-refractivity contribution in [3.05, 3.63) is 30.5 Å². The first-order valence-electron chi connectivity index (χ1n) is 6.04. The van der Waals surface area contributed by atoms with Crippen LogP contribution in [0.15, 0.2) is 30.5 Å². The molecule has 0 radical (unpaired) electrons. The Morgan fingerprint density at radius 3 is 2.15 bits per heavy atom. The van der Waals surface area contributed by atoms with Gasteiger partial charge >= 0.3 is 0 Å². The van der Waals surface area contributed by atoms with Crippen molar-refractivity contribution in [2.24, 2.45) is 0 Å². The molecule has 0 saturated carbocycles. The molecule has 0 aliphatic heterocycles. The summed E-state index contributed by atoms with van der Waals surface area (Å²) in [7, 11) is 6.36. The molecule has 2 aromatic rings. The van der Waals surface area contributed by atoms with Crippen LogP contribution in [0.1, 0.15) is 0 Å². The summed E-state index contributed by atoms with van der Waals surface area (Å²) in [6.45, 7) is 0. The van der Waals surface area contributed by atoms with E-state index in [0.717, 1.165) is 17.0 Å². The van der Waals surface area contributed by atoms with Crippen LogP contribution in [0.25, 0.3) is 11.3 Å². The second-order valence-corrected chi connectivity index (χ2v) is 3.96. The van der Waals surface area contributed by atoms with Gasteiger partial charge in [0.25, 0.3) is 0 Å². The molecule has 0 amide bonds. The van der Waals surface area contributed by atoms with Gasteiger partial charge in [0.2, 0.25) is 5.75 Å². The highest BCUT2D eigenvalue weighted by atomic mass is 16.5. The number of hydrogen-bond donors (Lipinski definition) is 0. The molecule has 0 N–H and O–H groups in total. The third-order valence-electron chi connectivity index (χ3n) is 2.95. The number of rotatable bonds is 5. The Kier molecular flexibility index (Phi) is 4.30. The van der Waals surface area contributed by atoms with Gasteiger partial charge in [0.05, 0.1) is 34.1 Å². The van der Waals surface area contributed by atoms with E-state index in [1.807, 2.05) is 18.2 Å². The SMILES string of the molecule is COc1ccnc(-c2ccc(OC)c(OC)c2OC)c1. The molecule has 1 aromatic heterocycles. The summed E-state index contributed by atoms with van der Waals surface area (Å²) < 4.78 is 21.3. The van der Waals surface area contributed by atoms with E-state index in [0.29, 0.717) is 17.2 Å². The molecule has 0 bridgehead atoms. The summed E-state index contributed by atoms with van der Waals surface area (Å²) in [5.41, 5.74) is 1.55. The summed E-state index contributed by atoms with van der Waals surface area (Å²) in [5.74, 6) is 2.45. The first-order valence-corrected chi connectivity index (χ1v) is 6.04. The van der Waals surface area contributed by atoms with Gasteiger partial charge in [-0.1, -0.05) is 0 Å². The topological polar surface area (TPSA) is 49.8 Å². The van der Waals surface area contributed by atoms with Crippen molar-refractivity contribution in [2.75, 3.05) is 28.4 Å². The number of pyridine rings is 1. The van der Waals surface area contributed by atoms with Gasteiger partial charge in [-0.15, -0.1) is 0 Å². The van der Waals surface area contributed by atoms with Crippen LogP contribution in [0.4, 0.5) is 0 Å². The van der Waals surface area contributed by atoms with Gasteiger partial charge in [0, 0.05) is 17.8 Å².